The van der Waals surface area contributed by atoms with Crippen molar-refractivity contribution in [1.82, 2.24) is 5.01 Å². The van der Waals surface area contributed by atoms with Gasteiger partial charge in [-0.1, -0.05) is 0 Å². The van der Waals surface area contributed by atoms with Crippen LogP contribution in [0.15, 0.2) is 5.10 Å². The second kappa shape index (κ2) is 13.6. The van der Waals surface area contributed by atoms with Crippen LogP contribution in [0, 0.1) is 5.92 Å². The van der Waals surface area contributed by atoms with Gasteiger partial charge in [-0.3, -0.25) is 0 Å². The van der Waals surface area contributed by atoms with Gasteiger partial charge in [0.1, 0.15) is 0 Å². The first-order chi connectivity index (χ1) is 14.1. The SMILES string of the molecule is CCC[CH2][Sn]([CH2]CCC)([CH2]CCC)[C@H]1CCC/C(=N\N2CCC[C@H]2COC)[C@@H]1C. The molecule has 0 aromatic heterocycles. The first kappa shape index (κ1) is 25.5. The Balaban J connectivity index is 2.23. The van der Waals surface area contributed by atoms with E-state index in [1.165, 1.54) is 70.6 Å². The second-order valence-corrected chi connectivity index (χ2v) is 24.1. The summed E-state index contributed by atoms with van der Waals surface area (Å²) in [6.07, 6.45) is 15.3. The molecule has 0 aromatic rings. The summed E-state index contributed by atoms with van der Waals surface area (Å²) in [5, 5.41) is 7.73. The van der Waals surface area contributed by atoms with Crippen LogP contribution in [0.25, 0.3) is 0 Å². The molecule has 0 aromatic carbocycles. The molecule has 2 aliphatic rings. The molecule has 4 heteroatoms. The molecule has 3 atom stereocenters. The minimum atomic E-state index is -2.20. The molecule has 0 bridgehead atoms. The summed E-state index contributed by atoms with van der Waals surface area (Å²) in [6, 6.07) is 0.508. The van der Waals surface area contributed by atoms with Crippen molar-refractivity contribution in [2.24, 2.45) is 11.0 Å². The van der Waals surface area contributed by atoms with Crippen molar-refractivity contribution >= 4 is 24.1 Å². The number of methoxy groups -OCH3 is 1. The van der Waals surface area contributed by atoms with Gasteiger partial charge < -0.3 is 0 Å². The summed E-state index contributed by atoms with van der Waals surface area (Å²) >= 11 is -2.20. The summed E-state index contributed by atoms with van der Waals surface area (Å²) in [4.78, 5) is 0. The average Bonchev–Trinajstić information content (AvgIpc) is 3.16. The molecule has 1 heterocycles. The molecule has 0 unspecified atom stereocenters. The van der Waals surface area contributed by atoms with Crippen molar-refractivity contribution in [2.75, 3.05) is 20.3 Å². The third kappa shape index (κ3) is 7.12. The molecule has 29 heavy (non-hydrogen) atoms. The molecule has 170 valence electrons. The fourth-order valence-corrected chi connectivity index (χ4v) is 26.5. The van der Waals surface area contributed by atoms with Crippen LogP contribution in [-0.4, -0.2) is 55.4 Å². The quantitative estimate of drug-likeness (QED) is 0.239. The number of nitrogens with zero attached hydrogens (tertiary/aromatic N) is 2. The summed E-state index contributed by atoms with van der Waals surface area (Å²) in [6.45, 7) is 11.7. The topological polar surface area (TPSA) is 24.8 Å². The molecule has 2 fully saturated rings. The molecule has 0 radical (unpaired) electrons. The Hall–Kier alpha value is 0.229. The fourth-order valence-electron chi connectivity index (χ4n) is 6.19. The van der Waals surface area contributed by atoms with Crippen LogP contribution in [0.2, 0.25) is 17.2 Å². The van der Waals surface area contributed by atoms with Crippen LogP contribution < -0.4 is 0 Å². The van der Waals surface area contributed by atoms with Crippen molar-refractivity contribution in [3.8, 4) is 0 Å². The zero-order valence-corrected chi connectivity index (χ0v) is 23.2. The fraction of sp³-hybridized carbons (Fsp3) is 0.960. The van der Waals surface area contributed by atoms with Crippen molar-refractivity contribution in [1.29, 1.82) is 0 Å². The molecule has 0 spiro atoms. The summed E-state index contributed by atoms with van der Waals surface area (Å²) in [5.41, 5.74) is 1.55. The number of hydrogen-bond donors (Lipinski definition) is 0. The Morgan fingerprint density at radius 1 is 0.966 bits per heavy atom. The van der Waals surface area contributed by atoms with E-state index < -0.39 is 18.4 Å². The molecule has 0 amide bonds. The number of hydrazone groups is 1. The molecule has 1 saturated heterocycles. The predicted octanol–water partition coefficient (Wildman–Crippen LogP) is 7.49. The van der Waals surface area contributed by atoms with Crippen molar-refractivity contribution in [3.05, 3.63) is 0 Å². The van der Waals surface area contributed by atoms with Gasteiger partial charge in [-0.25, -0.2) is 0 Å². The zero-order chi connectivity index (χ0) is 21.1. The number of ether oxygens (including phenoxy) is 1. The molecule has 1 saturated carbocycles. The van der Waals surface area contributed by atoms with Crippen molar-refractivity contribution in [3.63, 3.8) is 0 Å². The van der Waals surface area contributed by atoms with Crippen LogP contribution in [0.1, 0.15) is 98.3 Å². The van der Waals surface area contributed by atoms with E-state index in [1.807, 2.05) is 7.11 Å². The molecule has 2 rings (SSSR count). The van der Waals surface area contributed by atoms with Gasteiger partial charge in [-0.05, 0) is 0 Å². The summed E-state index contributed by atoms with van der Waals surface area (Å²) in [5.74, 6) is 0.730. The van der Waals surface area contributed by atoms with E-state index in [4.69, 9.17) is 9.84 Å². The third-order valence-electron chi connectivity index (χ3n) is 7.91. The van der Waals surface area contributed by atoms with E-state index in [2.05, 4.69) is 32.7 Å². The first-order valence-corrected chi connectivity index (χ1v) is 20.6. The van der Waals surface area contributed by atoms with E-state index >= 15 is 0 Å². The number of unbranched alkanes of at least 4 members (excludes halogenated alkanes) is 3. The summed E-state index contributed by atoms with van der Waals surface area (Å²) < 4.78 is 11.4. The monoisotopic (exact) mass is 514 g/mol. The Labute approximate surface area is 186 Å². The Bertz CT molecular complexity index is 460. The van der Waals surface area contributed by atoms with E-state index in [1.54, 1.807) is 19.0 Å². The van der Waals surface area contributed by atoms with Gasteiger partial charge >= 0.3 is 187 Å². The van der Waals surface area contributed by atoms with E-state index in [0.717, 1.165) is 23.0 Å². The first-order valence-electron chi connectivity index (χ1n) is 12.9. The molecule has 1 aliphatic carbocycles. The third-order valence-corrected chi connectivity index (χ3v) is 26.2. The Kier molecular flexibility index (Phi) is 12.0. The van der Waals surface area contributed by atoms with Crippen LogP contribution in [0.3, 0.4) is 0 Å². The Morgan fingerprint density at radius 2 is 1.59 bits per heavy atom. The van der Waals surface area contributed by atoms with Crippen LogP contribution in [0.5, 0.6) is 0 Å². The van der Waals surface area contributed by atoms with Gasteiger partial charge in [0.2, 0.25) is 0 Å². The molecular formula is C25H50N2OSn. The van der Waals surface area contributed by atoms with Crippen molar-refractivity contribution in [2.45, 2.75) is 122 Å². The normalized spacial score (nSPS) is 27.1. The van der Waals surface area contributed by atoms with Gasteiger partial charge in [0, 0.05) is 0 Å². The molecule has 1 aliphatic heterocycles. The van der Waals surface area contributed by atoms with Gasteiger partial charge in [0.15, 0.2) is 0 Å². The number of hydrogen-bond acceptors (Lipinski definition) is 3. The maximum absolute atomic E-state index is 5.48. The average molecular weight is 513 g/mol. The van der Waals surface area contributed by atoms with E-state index in [-0.39, 0.29) is 0 Å². The van der Waals surface area contributed by atoms with Gasteiger partial charge in [0.25, 0.3) is 0 Å². The molecule has 0 N–H and O–H groups in total. The van der Waals surface area contributed by atoms with E-state index in [0.29, 0.717) is 6.04 Å². The minimum absolute atomic E-state index is 0.508. The Morgan fingerprint density at radius 3 is 2.14 bits per heavy atom. The molecular weight excluding hydrogens is 463 g/mol. The van der Waals surface area contributed by atoms with Crippen LogP contribution in [-0.2, 0) is 4.74 Å². The predicted molar refractivity (Wildman–Crippen MR) is 131 cm³/mol. The maximum atomic E-state index is 5.48. The summed E-state index contributed by atoms with van der Waals surface area (Å²) in [7, 11) is 1.83. The van der Waals surface area contributed by atoms with E-state index in [9.17, 15) is 0 Å². The van der Waals surface area contributed by atoms with Crippen LogP contribution in [0.4, 0.5) is 0 Å². The zero-order valence-electron chi connectivity index (χ0n) is 20.3. The standard InChI is InChI=1S/C13H23N2O.3C4H9.Sn/c1-11-6-3-4-8-13(11)14-15-9-5-7-12(15)10-16-2;3*1-3-4-2;/h6,11-12H,3-5,7-10H2,1-2H3;3*1,3-4H2,2H3;/b14-13+;;;;/t11-,12+;;;;/m1..../s1. The van der Waals surface area contributed by atoms with Gasteiger partial charge in [-0.15, -0.1) is 0 Å². The van der Waals surface area contributed by atoms with Gasteiger partial charge in [-0.2, -0.15) is 0 Å². The number of rotatable bonds is 13. The van der Waals surface area contributed by atoms with Crippen LogP contribution >= 0.6 is 0 Å². The second-order valence-electron chi connectivity index (χ2n) is 9.97. The van der Waals surface area contributed by atoms with Crippen molar-refractivity contribution < 1.29 is 4.74 Å². The molecule has 3 nitrogen and oxygen atoms in total. The van der Waals surface area contributed by atoms with Gasteiger partial charge in [0.05, 0.1) is 0 Å².